The van der Waals surface area contributed by atoms with E-state index in [-0.39, 0.29) is 6.04 Å². The van der Waals surface area contributed by atoms with Crippen LogP contribution in [0.25, 0.3) is 0 Å². The van der Waals surface area contributed by atoms with Crippen molar-refractivity contribution in [3.8, 4) is 0 Å². The molecule has 5 heteroatoms. The van der Waals surface area contributed by atoms with E-state index < -0.39 is 0 Å². The number of nitrogens with zero attached hydrogens (tertiary/aromatic N) is 4. The predicted molar refractivity (Wildman–Crippen MR) is 71.5 cm³/mol. The molecule has 1 aliphatic heterocycles. The minimum Gasteiger partial charge on any atom is -0.396 e. The molecule has 2 aromatic rings. The molecule has 0 radical (unpaired) electrons. The topological polar surface area (TPSA) is 60.0 Å². The molecule has 1 saturated heterocycles. The molecule has 1 unspecified atom stereocenters. The Bertz CT molecular complexity index is 527. The summed E-state index contributed by atoms with van der Waals surface area (Å²) in [7, 11) is 0. The Balaban J connectivity index is 1.79. The van der Waals surface area contributed by atoms with Gasteiger partial charge in [-0.2, -0.15) is 5.10 Å². The molecule has 0 spiro atoms. The van der Waals surface area contributed by atoms with E-state index >= 15 is 0 Å². The van der Waals surface area contributed by atoms with E-state index in [4.69, 9.17) is 5.73 Å². The van der Waals surface area contributed by atoms with Crippen LogP contribution in [0.2, 0.25) is 0 Å². The van der Waals surface area contributed by atoms with Crippen molar-refractivity contribution >= 4 is 11.5 Å². The van der Waals surface area contributed by atoms with Gasteiger partial charge in [-0.05, 0) is 25.0 Å². The molecule has 5 nitrogen and oxygen atoms in total. The molecule has 0 aliphatic carbocycles. The van der Waals surface area contributed by atoms with Gasteiger partial charge in [0.1, 0.15) is 5.82 Å². The van der Waals surface area contributed by atoms with E-state index in [2.05, 4.69) is 34.0 Å². The Morgan fingerprint density at radius 3 is 2.61 bits per heavy atom. The molecule has 0 aromatic carbocycles. The summed E-state index contributed by atoms with van der Waals surface area (Å²) in [6.07, 6.45) is 6.70. The van der Waals surface area contributed by atoms with Crippen LogP contribution in [0.3, 0.4) is 0 Å². The molecule has 1 atom stereocenters. The minimum absolute atomic E-state index is 0.153. The fraction of sp³-hybridized carbons (Fsp3) is 0.385. The van der Waals surface area contributed by atoms with E-state index in [1.54, 1.807) is 6.20 Å². The summed E-state index contributed by atoms with van der Waals surface area (Å²) in [5.74, 6) is 1.07. The number of nitrogens with two attached hydrogens (primary N) is 1. The number of nitrogen functional groups attached to an aromatic ring is 1. The molecule has 3 rings (SSSR count). The fourth-order valence-corrected chi connectivity index (χ4v) is 2.09. The first-order valence-electron chi connectivity index (χ1n) is 6.24. The van der Waals surface area contributed by atoms with Crippen LogP contribution in [-0.2, 0) is 0 Å². The maximum Gasteiger partial charge on any atom is 0.128 e. The largest absolute Gasteiger partial charge is 0.396 e. The fourth-order valence-electron chi connectivity index (χ4n) is 2.09. The Kier molecular flexibility index (Phi) is 2.66. The van der Waals surface area contributed by atoms with Crippen LogP contribution in [0.1, 0.15) is 24.9 Å². The lowest BCUT2D eigenvalue weighted by Crippen LogP contribution is -2.37. The zero-order valence-corrected chi connectivity index (χ0v) is 10.5. The third-order valence-electron chi connectivity index (χ3n) is 3.45. The van der Waals surface area contributed by atoms with Crippen molar-refractivity contribution in [2.75, 3.05) is 23.7 Å². The second-order valence-corrected chi connectivity index (χ2v) is 4.72. The van der Waals surface area contributed by atoms with Crippen molar-refractivity contribution in [2.24, 2.45) is 0 Å². The molecule has 0 bridgehead atoms. The van der Waals surface area contributed by atoms with Gasteiger partial charge in [-0.3, -0.25) is 4.68 Å². The van der Waals surface area contributed by atoms with Crippen LogP contribution in [0.5, 0.6) is 0 Å². The molecule has 1 fully saturated rings. The lowest BCUT2D eigenvalue weighted by molar-refractivity contribution is 0.561. The van der Waals surface area contributed by atoms with Crippen molar-refractivity contribution in [2.45, 2.75) is 19.4 Å². The number of aromatic nitrogens is 3. The summed E-state index contributed by atoms with van der Waals surface area (Å²) in [5, 5.41) is 4.23. The van der Waals surface area contributed by atoms with Gasteiger partial charge in [0.25, 0.3) is 0 Å². The van der Waals surface area contributed by atoms with Gasteiger partial charge < -0.3 is 10.6 Å². The highest BCUT2D eigenvalue weighted by Crippen LogP contribution is 2.22. The monoisotopic (exact) mass is 243 g/mol. The highest BCUT2D eigenvalue weighted by molar-refractivity contribution is 5.42. The normalized spacial score (nSPS) is 16.4. The average Bonchev–Trinajstić information content (AvgIpc) is 2.74. The summed E-state index contributed by atoms with van der Waals surface area (Å²) in [5.41, 5.74) is 7.51. The number of hydrogen-bond acceptors (Lipinski definition) is 4. The molecule has 94 valence electrons. The highest BCUT2D eigenvalue weighted by Gasteiger charge is 2.16. The first kappa shape index (κ1) is 11.1. The van der Waals surface area contributed by atoms with E-state index in [1.807, 2.05) is 17.1 Å². The second kappa shape index (κ2) is 4.33. The number of hydrogen-bond donors (Lipinski definition) is 1. The molecule has 2 N–H and O–H groups in total. The number of pyridine rings is 1. The predicted octanol–water partition coefficient (Wildman–Crippen LogP) is 1.68. The first-order chi connectivity index (χ1) is 8.74. The number of anilines is 2. The standard InChI is InChI=1S/C13H17N5/c1-10(18-9-12(14)8-16-18)11-3-4-13(15-7-11)17-5-2-6-17/h3-4,7-10H,2,5-6,14H2,1H3. The second-order valence-electron chi connectivity index (χ2n) is 4.72. The van der Waals surface area contributed by atoms with Crippen LogP contribution in [0.4, 0.5) is 11.5 Å². The van der Waals surface area contributed by atoms with Crippen molar-refractivity contribution in [3.63, 3.8) is 0 Å². The Morgan fingerprint density at radius 2 is 2.11 bits per heavy atom. The van der Waals surface area contributed by atoms with Gasteiger partial charge in [0.05, 0.1) is 17.9 Å². The maximum absolute atomic E-state index is 5.68. The van der Waals surface area contributed by atoms with Crippen LogP contribution in [0, 0.1) is 0 Å². The molecule has 0 saturated carbocycles. The van der Waals surface area contributed by atoms with Crippen LogP contribution in [-0.4, -0.2) is 27.9 Å². The lowest BCUT2D eigenvalue weighted by atomic mass is 10.1. The van der Waals surface area contributed by atoms with Gasteiger partial charge in [-0.15, -0.1) is 0 Å². The summed E-state index contributed by atoms with van der Waals surface area (Å²) in [6.45, 7) is 4.34. The Labute approximate surface area is 106 Å². The van der Waals surface area contributed by atoms with Crippen molar-refractivity contribution in [1.29, 1.82) is 0 Å². The smallest absolute Gasteiger partial charge is 0.128 e. The molecule has 18 heavy (non-hydrogen) atoms. The van der Waals surface area contributed by atoms with E-state index in [0.29, 0.717) is 5.69 Å². The van der Waals surface area contributed by atoms with Crippen molar-refractivity contribution in [1.82, 2.24) is 14.8 Å². The van der Waals surface area contributed by atoms with E-state index in [1.165, 1.54) is 6.42 Å². The van der Waals surface area contributed by atoms with E-state index in [9.17, 15) is 0 Å². The zero-order valence-electron chi connectivity index (χ0n) is 10.5. The zero-order chi connectivity index (χ0) is 12.5. The summed E-state index contributed by atoms with van der Waals surface area (Å²) >= 11 is 0. The quantitative estimate of drug-likeness (QED) is 0.891. The molecule has 2 aromatic heterocycles. The van der Waals surface area contributed by atoms with Gasteiger partial charge in [-0.1, -0.05) is 6.07 Å². The number of rotatable bonds is 3. The van der Waals surface area contributed by atoms with Crippen LogP contribution >= 0.6 is 0 Å². The van der Waals surface area contributed by atoms with Crippen molar-refractivity contribution in [3.05, 3.63) is 36.3 Å². The molecular formula is C13H17N5. The van der Waals surface area contributed by atoms with Gasteiger partial charge in [-0.25, -0.2) is 4.98 Å². The summed E-state index contributed by atoms with van der Waals surface area (Å²) in [4.78, 5) is 6.79. The highest BCUT2D eigenvalue weighted by atomic mass is 15.3. The van der Waals surface area contributed by atoms with E-state index in [0.717, 1.165) is 24.5 Å². The van der Waals surface area contributed by atoms with Crippen LogP contribution < -0.4 is 10.6 Å². The maximum atomic E-state index is 5.68. The Morgan fingerprint density at radius 1 is 1.28 bits per heavy atom. The molecular weight excluding hydrogens is 226 g/mol. The third kappa shape index (κ3) is 1.92. The third-order valence-corrected chi connectivity index (χ3v) is 3.45. The molecule has 0 amide bonds. The van der Waals surface area contributed by atoms with Crippen LogP contribution in [0.15, 0.2) is 30.7 Å². The molecule has 1 aliphatic rings. The van der Waals surface area contributed by atoms with Gasteiger partial charge in [0.15, 0.2) is 0 Å². The van der Waals surface area contributed by atoms with Gasteiger partial charge in [0, 0.05) is 25.5 Å². The average molecular weight is 243 g/mol. The van der Waals surface area contributed by atoms with Crippen molar-refractivity contribution < 1.29 is 0 Å². The molecule has 3 heterocycles. The van der Waals surface area contributed by atoms with Gasteiger partial charge in [0.2, 0.25) is 0 Å². The first-order valence-corrected chi connectivity index (χ1v) is 6.24. The Hall–Kier alpha value is -2.04. The minimum atomic E-state index is 0.153. The van der Waals surface area contributed by atoms with Gasteiger partial charge >= 0.3 is 0 Å². The summed E-state index contributed by atoms with van der Waals surface area (Å²) in [6, 6.07) is 4.35. The lowest BCUT2D eigenvalue weighted by Gasteiger charge is -2.32. The summed E-state index contributed by atoms with van der Waals surface area (Å²) < 4.78 is 1.86. The SMILES string of the molecule is CC(c1ccc(N2CCC2)nc1)n1cc(N)cn1.